The summed E-state index contributed by atoms with van der Waals surface area (Å²) in [6.07, 6.45) is 3.73. The number of Topliss-reactive ketones (excluding diaryl/α,β-unsaturated/α-hetero) is 1. The van der Waals surface area contributed by atoms with Crippen molar-refractivity contribution in [2.24, 2.45) is 0 Å². The van der Waals surface area contributed by atoms with Crippen LogP contribution >= 0.6 is 0 Å². The van der Waals surface area contributed by atoms with Crippen LogP contribution in [0.15, 0.2) is 11.6 Å². The highest BCUT2D eigenvalue weighted by Gasteiger charge is 2.07. The fourth-order valence-corrected chi connectivity index (χ4v) is 0.906. The average Bonchev–Trinajstić information content (AvgIpc) is 1.90. The molecular weight excluding hydrogens is 116 g/mol. The molecule has 0 saturated heterocycles. The van der Waals surface area contributed by atoms with Crippen LogP contribution in [0.3, 0.4) is 0 Å². The van der Waals surface area contributed by atoms with E-state index >= 15 is 0 Å². The first-order chi connectivity index (χ1) is 4.33. The van der Waals surface area contributed by atoms with Crippen LogP contribution in [0, 0.1) is 0 Å². The molecular formula is C7H10O2. The predicted molar refractivity (Wildman–Crippen MR) is 34.0 cm³/mol. The number of hydrogen-bond donors (Lipinski definition) is 1. The van der Waals surface area contributed by atoms with Crippen LogP contribution in [0.1, 0.15) is 19.3 Å². The lowest BCUT2D eigenvalue weighted by atomic mass is 9.99. The molecule has 2 nitrogen and oxygen atoms in total. The average molecular weight is 126 g/mol. The molecule has 1 rings (SSSR count). The fraction of sp³-hybridized carbons (Fsp3) is 0.571. The molecule has 0 aromatic rings. The Labute approximate surface area is 54.2 Å². The van der Waals surface area contributed by atoms with E-state index in [4.69, 9.17) is 5.11 Å². The van der Waals surface area contributed by atoms with Gasteiger partial charge in [0.25, 0.3) is 0 Å². The zero-order valence-electron chi connectivity index (χ0n) is 5.26. The summed E-state index contributed by atoms with van der Waals surface area (Å²) < 4.78 is 0. The highest BCUT2D eigenvalue weighted by molar-refractivity contribution is 5.81. The maximum absolute atomic E-state index is 10.6. The second kappa shape index (κ2) is 2.78. The van der Waals surface area contributed by atoms with Gasteiger partial charge < -0.3 is 5.11 Å². The summed E-state index contributed by atoms with van der Waals surface area (Å²) >= 11 is 0. The lowest BCUT2D eigenvalue weighted by Crippen LogP contribution is -2.05. The third kappa shape index (κ3) is 1.64. The molecule has 0 amide bonds. The van der Waals surface area contributed by atoms with Gasteiger partial charge in [-0.25, -0.2) is 0 Å². The van der Waals surface area contributed by atoms with E-state index in [2.05, 4.69) is 0 Å². The second-order valence-electron chi connectivity index (χ2n) is 2.26. The SMILES string of the molecule is O=C1CC=C(CO)CC1. The molecule has 2 heteroatoms. The van der Waals surface area contributed by atoms with Crippen LogP contribution < -0.4 is 0 Å². The summed E-state index contributed by atoms with van der Waals surface area (Å²) in [5.74, 6) is 0.284. The molecule has 0 fully saturated rings. The Bertz CT molecular complexity index is 147. The lowest BCUT2D eigenvalue weighted by molar-refractivity contribution is -0.118. The third-order valence-electron chi connectivity index (χ3n) is 1.55. The maximum Gasteiger partial charge on any atom is 0.136 e. The summed E-state index contributed by atoms with van der Waals surface area (Å²) in [6, 6.07) is 0. The molecule has 0 aliphatic heterocycles. The Kier molecular flexibility index (Phi) is 2.01. The highest BCUT2D eigenvalue weighted by atomic mass is 16.3. The van der Waals surface area contributed by atoms with Crippen LogP contribution in [-0.2, 0) is 4.79 Å². The van der Waals surface area contributed by atoms with Gasteiger partial charge in [0.15, 0.2) is 0 Å². The van der Waals surface area contributed by atoms with Crippen molar-refractivity contribution in [2.75, 3.05) is 6.61 Å². The molecule has 1 aliphatic rings. The first-order valence-corrected chi connectivity index (χ1v) is 3.13. The largest absolute Gasteiger partial charge is 0.392 e. The van der Waals surface area contributed by atoms with E-state index in [0.717, 1.165) is 12.0 Å². The molecule has 0 radical (unpaired) electrons. The molecule has 0 unspecified atom stereocenters. The van der Waals surface area contributed by atoms with E-state index in [1.807, 2.05) is 6.08 Å². The first-order valence-electron chi connectivity index (χ1n) is 3.13. The van der Waals surface area contributed by atoms with E-state index in [-0.39, 0.29) is 12.4 Å². The fourth-order valence-electron chi connectivity index (χ4n) is 0.906. The van der Waals surface area contributed by atoms with Crippen molar-refractivity contribution >= 4 is 5.78 Å². The number of carbonyl (C=O) groups is 1. The molecule has 1 N–H and O–H groups in total. The molecule has 50 valence electrons. The number of allylic oxidation sites excluding steroid dienone is 1. The van der Waals surface area contributed by atoms with E-state index in [0.29, 0.717) is 12.8 Å². The molecule has 9 heavy (non-hydrogen) atoms. The predicted octanol–water partition coefficient (Wildman–Crippen LogP) is 0.658. The Hall–Kier alpha value is -0.630. The number of hydrogen-bond acceptors (Lipinski definition) is 2. The Morgan fingerprint density at radius 1 is 1.56 bits per heavy atom. The van der Waals surface area contributed by atoms with Gasteiger partial charge in [-0.15, -0.1) is 0 Å². The zero-order chi connectivity index (χ0) is 6.69. The third-order valence-corrected chi connectivity index (χ3v) is 1.55. The smallest absolute Gasteiger partial charge is 0.136 e. The van der Waals surface area contributed by atoms with Crippen molar-refractivity contribution in [2.45, 2.75) is 19.3 Å². The molecule has 0 aromatic heterocycles. The van der Waals surface area contributed by atoms with Crippen LogP contribution in [0.2, 0.25) is 0 Å². The minimum atomic E-state index is 0.118. The lowest BCUT2D eigenvalue weighted by Gasteiger charge is -2.07. The van der Waals surface area contributed by atoms with Crippen molar-refractivity contribution < 1.29 is 9.90 Å². The number of rotatable bonds is 1. The van der Waals surface area contributed by atoms with Crippen LogP contribution in [-0.4, -0.2) is 17.5 Å². The van der Waals surface area contributed by atoms with E-state index in [1.54, 1.807) is 0 Å². The number of aliphatic hydroxyl groups is 1. The molecule has 0 atom stereocenters. The van der Waals surface area contributed by atoms with Gasteiger partial charge in [0.2, 0.25) is 0 Å². The zero-order valence-corrected chi connectivity index (χ0v) is 5.26. The molecule has 0 spiro atoms. The first kappa shape index (κ1) is 6.49. The van der Waals surface area contributed by atoms with Gasteiger partial charge in [0.1, 0.15) is 5.78 Å². The van der Waals surface area contributed by atoms with Gasteiger partial charge in [-0.1, -0.05) is 6.08 Å². The summed E-state index contributed by atoms with van der Waals surface area (Å²) in [5, 5.41) is 8.60. The van der Waals surface area contributed by atoms with Gasteiger partial charge in [-0.3, -0.25) is 4.79 Å². The molecule has 0 saturated carbocycles. The van der Waals surface area contributed by atoms with Gasteiger partial charge in [0, 0.05) is 12.8 Å². The Morgan fingerprint density at radius 3 is 2.78 bits per heavy atom. The van der Waals surface area contributed by atoms with Crippen molar-refractivity contribution in [3.8, 4) is 0 Å². The topological polar surface area (TPSA) is 37.3 Å². The minimum absolute atomic E-state index is 0.118. The molecule has 1 aliphatic carbocycles. The standard InChI is InChI=1S/C7H10O2/c8-5-6-1-3-7(9)4-2-6/h1,8H,2-5H2. The summed E-state index contributed by atoms with van der Waals surface area (Å²) in [7, 11) is 0. The molecule has 0 bridgehead atoms. The molecule has 0 aromatic carbocycles. The summed E-state index contributed by atoms with van der Waals surface area (Å²) in [5.41, 5.74) is 1.01. The number of carbonyl (C=O) groups excluding carboxylic acids is 1. The second-order valence-corrected chi connectivity index (χ2v) is 2.26. The normalized spacial score (nSPS) is 19.7. The van der Waals surface area contributed by atoms with Crippen molar-refractivity contribution in [1.29, 1.82) is 0 Å². The van der Waals surface area contributed by atoms with Crippen molar-refractivity contribution in [3.05, 3.63) is 11.6 Å². The summed E-state index contributed by atoms with van der Waals surface area (Å²) in [4.78, 5) is 10.6. The van der Waals surface area contributed by atoms with E-state index in [9.17, 15) is 4.79 Å². The van der Waals surface area contributed by atoms with E-state index < -0.39 is 0 Å². The van der Waals surface area contributed by atoms with Crippen molar-refractivity contribution in [1.82, 2.24) is 0 Å². The number of aliphatic hydroxyl groups excluding tert-OH is 1. The van der Waals surface area contributed by atoms with Crippen LogP contribution in [0.4, 0.5) is 0 Å². The van der Waals surface area contributed by atoms with Crippen LogP contribution in [0.5, 0.6) is 0 Å². The van der Waals surface area contributed by atoms with Gasteiger partial charge in [-0.2, -0.15) is 0 Å². The molecule has 0 heterocycles. The van der Waals surface area contributed by atoms with Gasteiger partial charge in [-0.05, 0) is 12.0 Å². The summed E-state index contributed by atoms with van der Waals surface area (Å²) in [6.45, 7) is 0.118. The monoisotopic (exact) mass is 126 g/mol. The van der Waals surface area contributed by atoms with Crippen molar-refractivity contribution in [3.63, 3.8) is 0 Å². The van der Waals surface area contributed by atoms with Gasteiger partial charge in [0.05, 0.1) is 6.61 Å². The van der Waals surface area contributed by atoms with Gasteiger partial charge >= 0.3 is 0 Å². The Balaban J connectivity index is 2.50. The van der Waals surface area contributed by atoms with E-state index in [1.165, 1.54) is 0 Å². The maximum atomic E-state index is 10.6. The Morgan fingerprint density at radius 2 is 2.33 bits per heavy atom. The highest BCUT2D eigenvalue weighted by Crippen LogP contribution is 2.13. The van der Waals surface area contributed by atoms with Crippen LogP contribution in [0.25, 0.3) is 0 Å². The minimum Gasteiger partial charge on any atom is -0.392 e. The quantitative estimate of drug-likeness (QED) is 0.524. The number of ketones is 1.